The van der Waals surface area contributed by atoms with E-state index >= 15 is 0 Å². The summed E-state index contributed by atoms with van der Waals surface area (Å²) in [5.74, 6) is -1.06. The first-order valence-corrected chi connectivity index (χ1v) is 5.96. The van der Waals surface area contributed by atoms with E-state index in [4.69, 9.17) is 16.1 Å². The number of para-hydroxylation sites is 1. The summed E-state index contributed by atoms with van der Waals surface area (Å²) in [4.78, 5) is 11.0. The molecule has 0 heterocycles. The Morgan fingerprint density at radius 3 is 2.75 bits per heavy atom. The Bertz CT molecular complexity index is 690. The second-order valence-corrected chi connectivity index (χ2v) is 4.24. The molecular weight excluding hydrogens is 254 g/mol. The maximum atomic E-state index is 11.0. The van der Waals surface area contributed by atoms with Crippen LogP contribution in [0.4, 0.5) is 11.4 Å². The first kappa shape index (κ1) is 13.4. The summed E-state index contributed by atoms with van der Waals surface area (Å²) in [6.45, 7) is 0.461. The maximum absolute atomic E-state index is 11.0. The van der Waals surface area contributed by atoms with Gasteiger partial charge in [-0.2, -0.15) is 5.26 Å². The highest BCUT2D eigenvalue weighted by Gasteiger charge is 2.10. The third-order valence-electron chi connectivity index (χ3n) is 2.88. The molecule has 0 aliphatic carbocycles. The third kappa shape index (κ3) is 2.87. The lowest BCUT2D eigenvalue weighted by Gasteiger charge is -2.11. The van der Waals surface area contributed by atoms with E-state index in [0.29, 0.717) is 17.8 Å². The minimum absolute atomic E-state index is 0.0702. The number of carboxylic acid groups (broad SMARTS) is 1. The average Bonchev–Trinajstić information content (AvgIpc) is 2.46. The van der Waals surface area contributed by atoms with Crippen LogP contribution in [0, 0.1) is 11.3 Å². The highest BCUT2D eigenvalue weighted by atomic mass is 16.4. The molecule has 0 saturated carbocycles. The smallest absolute Gasteiger partial charge is 0.337 e. The number of anilines is 2. The van der Waals surface area contributed by atoms with Crippen LogP contribution in [0.1, 0.15) is 21.5 Å². The number of nitriles is 1. The molecule has 0 radical (unpaired) electrons. The number of nitrogens with one attached hydrogen (secondary N) is 1. The maximum Gasteiger partial charge on any atom is 0.337 e. The molecule has 0 saturated heterocycles. The van der Waals surface area contributed by atoms with E-state index in [-0.39, 0.29) is 11.3 Å². The van der Waals surface area contributed by atoms with Gasteiger partial charge in [0.05, 0.1) is 28.6 Å². The van der Waals surface area contributed by atoms with Crippen molar-refractivity contribution in [1.29, 1.82) is 5.26 Å². The molecular formula is C15H13N3O2. The largest absolute Gasteiger partial charge is 0.478 e. The number of hydrogen-bond acceptors (Lipinski definition) is 4. The van der Waals surface area contributed by atoms with E-state index in [9.17, 15) is 4.79 Å². The van der Waals surface area contributed by atoms with Crippen molar-refractivity contribution < 1.29 is 9.90 Å². The molecule has 100 valence electrons. The Morgan fingerprint density at radius 2 is 2.05 bits per heavy atom. The zero-order valence-electron chi connectivity index (χ0n) is 10.6. The lowest BCUT2D eigenvalue weighted by molar-refractivity contribution is 0.0698. The molecule has 0 unspecified atom stereocenters. The summed E-state index contributed by atoms with van der Waals surface area (Å²) in [6, 6.07) is 14.1. The quantitative estimate of drug-likeness (QED) is 0.739. The molecule has 0 bridgehead atoms. The van der Waals surface area contributed by atoms with Crippen molar-refractivity contribution in [3.63, 3.8) is 0 Å². The molecule has 2 aromatic carbocycles. The highest BCUT2D eigenvalue weighted by molar-refractivity contribution is 5.97. The van der Waals surface area contributed by atoms with Crippen molar-refractivity contribution >= 4 is 17.3 Å². The van der Waals surface area contributed by atoms with Crippen LogP contribution in [0.2, 0.25) is 0 Å². The van der Waals surface area contributed by atoms with Gasteiger partial charge in [-0.3, -0.25) is 0 Å². The summed E-state index contributed by atoms with van der Waals surface area (Å²) < 4.78 is 0. The number of aromatic carboxylic acids is 1. The van der Waals surface area contributed by atoms with Crippen molar-refractivity contribution in [2.75, 3.05) is 11.1 Å². The van der Waals surface area contributed by atoms with Crippen LogP contribution in [-0.4, -0.2) is 11.1 Å². The molecule has 0 amide bonds. The van der Waals surface area contributed by atoms with E-state index < -0.39 is 5.97 Å². The topological polar surface area (TPSA) is 99.1 Å². The fraction of sp³-hybridized carbons (Fsp3) is 0.0667. The number of rotatable bonds is 4. The van der Waals surface area contributed by atoms with Crippen LogP contribution >= 0.6 is 0 Å². The van der Waals surface area contributed by atoms with E-state index in [2.05, 4.69) is 11.4 Å². The SMILES string of the molecule is N#Cc1cccc(CNc2cccc(C(=O)O)c2N)c1. The Balaban J connectivity index is 2.17. The Hall–Kier alpha value is -3.00. The van der Waals surface area contributed by atoms with Gasteiger partial charge in [-0.15, -0.1) is 0 Å². The zero-order chi connectivity index (χ0) is 14.5. The third-order valence-corrected chi connectivity index (χ3v) is 2.88. The molecule has 2 aromatic rings. The second-order valence-electron chi connectivity index (χ2n) is 4.24. The number of carbonyl (C=O) groups is 1. The molecule has 0 atom stereocenters. The van der Waals surface area contributed by atoms with Crippen LogP contribution in [0.3, 0.4) is 0 Å². The standard InChI is InChI=1S/C15H13N3O2/c16-8-10-3-1-4-11(7-10)9-18-13-6-2-5-12(14(13)17)15(19)20/h1-7,18H,9,17H2,(H,19,20). The van der Waals surface area contributed by atoms with Crippen molar-refractivity contribution in [3.8, 4) is 6.07 Å². The molecule has 2 rings (SSSR count). The zero-order valence-corrected chi connectivity index (χ0v) is 10.6. The first-order valence-electron chi connectivity index (χ1n) is 5.96. The molecule has 5 heteroatoms. The number of nitrogens with zero attached hydrogens (tertiary/aromatic N) is 1. The van der Waals surface area contributed by atoms with E-state index in [1.807, 2.05) is 6.07 Å². The van der Waals surface area contributed by atoms with Crippen molar-refractivity contribution in [3.05, 3.63) is 59.2 Å². The fourth-order valence-corrected chi connectivity index (χ4v) is 1.85. The number of carboxylic acids is 1. The first-order chi connectivity index (χ1) is 9.61. The summed E-state index contributed by atoms with van der Waals surface area (Å²) in [5.41, 5.74) is 8.15. The normalized spacial score (nSPS) is 9.75. The van der Waals surface area contributed by atoms with Gasteiger partial charge in [0.2, 0.25) is 0 Å². The fourth-order valence-electron chi connectivity index (χ4n) is 1.85. The van der Waals surface area contributed by atoms with E-state index in [0.717, 1.165) is 5.56 Å². The molecule has 20 heavy (non-hydrogen) atoms. The van der Waals surface area contributed by atoms with Gasteiger partial charge in [-0.05, 0) is 29.8 Å². The van der Waals surface area contributed by atoms with Gasteiger partial charge in [0.25, 0.3) is 0 Å². The molecule has 0 aromatic heterocycles. The van der Waals surface area contributed by atoms with E-state index in [1.165, 1.54) is 6.07 Å². The van der Waals surface area contributed by atoms with Crippen LogP contribution in [0.15, 0.2) is 42.5 Å². The number of nitrogen functional groups attached to an aromatic ring is 1. The minimum Gasteiger partial charge on any atom is -0.478 e. The van der Waals surface area contributed by atoms with Gasteiger partial charge in [0.15, 0.2) is 0 Å². The van der Waals surface area contributed by atoms with Crippen LogP contribution in [0.25, 0.3) is 0 Å². The van der Waals surface area contributed by atoms with Gasteiger partial charge < -0.3 is 16.2 Å². The predicted molar refractivity (Wildman–Crippen MR) is 76.3 cm³/mol. The van der Waals surface area contributed by atoms with Crippen LogP contribution < -0.4 is 11.1 Å². The van der Waals surface area contributed by atoms with Gasteiger partial charge in [0, 0.05) is 6.54 Å². The van der Waals surface area contributed by atoms with Crippen molar-refractivity contribution in [1.82, 2.24) is 0 Å². The Labute approximate surface area is 116 Å². The van der Waals surface area contributed by atoms with Crippen LogP contribution in [0.5, 0.6) is 0 Å². The summed E-state index contributed by atoms with van der Waals surface area (Å²) in [5, 5.41) is 20.9. The minimum atomic E-state index is -1.06. The van der Waals surface area contributed by atoms with Crippen molar-refractivity contribution in [2.45, 2.75) is 6.54 Å². The lowest BCUT2D eigenvalue weighted by atomic mass is 10.1. The Kier molecular flexibility index (Phi) is 3.87. The average molecular weight is 267 g/mol. The lowest BCUT2D eigenvalue weighted by Crippen LogP contribution is -2.07. The van der Waals surface area contributed by atoms with E-state index in [1.54, 1.807) is 30.3 Å². The summed E-state index contributed by atoms with van der Waals surface area (Å²) in [7, 11) is 0. The van der Waals surface area contributed by atoms with Gasteiger partial charge in [0.1, 0.15) is 0 Å². The summed E-state index contributed by atoms with van der Waals surface area (Å²) >= 11 is 0. The summed E-state index contributed by atoms with van der Waals surface area (Å²) in [6.07, 6.45) is 0. The monoisotopic (exact) mass is 267 g/mol. The molecule has 4 N–H and O–H groups in total. The molecule has 0 aliphatic heterocycles. The predicted octanol–water partition coefficient (Wildman–Crippen LogP) is 2.45. The highest BCUT2D eigenvalue weighted by Crippen LogP contribution is 2.23. The molecule has 0 aliphatic rings. The molecule has 0 fully saturated rings. The van der Waals surface area contributed by atoms with Gasteiger partial charge >= 0.3 is 5.97 Å². The van der Waals surface area contributed by atoms with Crippen LogP contribution in [-0.2, 0) is 6.54 Å². The van der Waals surface area contributed by atoms with Gasteiger partial charge in [-0.25, -0.2) is 4.79 Å². The second kappa shape index (κ2) is 5.76. The number of benzene rings is 2. The number of nitrogens with two attached hydrogens (primary N) is 1. The van der Waals surface area contributed by atoms with Gasteiger partial charge in [-0.1, -0.05) is 18.2 Å². The molecule has 0 spiro atoms. The Morgan fingerprint density at radius 1 is 1.30 bits per heavy atom. The van der Waals surface area contributed by atoms with Crippen molar-refractivity contribution in [2.24, 2.45) is 0 Å². The molecule has 5 nitrogen and oxygen atoms in total. The number of hydrogen-bond donors (Lipinski definition) is 3.